The summed E-state index contributed by atoms with van der Waals surface area (Å²) in [4.78, 5) is 11.0. The van der Waals surface area contributed by atoms with Gasteiger partial charge in [-0.05, 0) is 47.7 Å². The molecule has 5 rings (SSSR count). The van der Waals surface area contributed by atoms with Gasteiger partial charge in [0.05, 0.1) is 13.0 Å². The van der Waals surface area contributed by atoms with Crippen LogP contribution in [0, 0.1) is 17.5 Å². The molecule has 0 amide bonds. The molecule has 4 nitrogen and oxygen atoms in total. The predicted octanol–water partition coefficient (Wildman–Crippen LogP) is 5.71. The fourth-order valence-electron chi connectivity index (χ4n) is 4.77. The first kappa shape index (κ1) is 21.4. The summed E-state index contributed by atoms with van der Waals surface area (Å²) < 4.78 is 53.9. The Morgan fingerprint density at radius 1 is 1.03 bits per heavy atom. The van der Waals surface area contributed by atoms with Gasteiger partial charge in [-0.1, -0.05) is 18.2 Å². The summed E-state index contributed by atoms with van der Waals surface area (Å²) >= 11 is 0. The van der Waals surface area contributed by atoms with Crippen LogP contribution in [0.25, 0.3) is 0 Å². The molecule has 0 saturated carbocycles. The highest BCUT2D eigenvalue weighted by molar-refractivity contribution is 5.68. The Morgan fingerprint density at radius 3 is 2.64 bits per heavy atom. The number of aliphatic carboxylic acids is 1. The summed E-state index contributed by atoms with van der Waals surface area (Å²) in [5.74, 6) is -1.64. The molecule has 2 atom stereocenters. The molecule has 1 aliphatic carbocycles. The molecule has 1 aliphatic heterocycles. The lowest BCUT2D eigenvalue weighted by Gasteiger charge is -2.17. The lowest BCUT2D eigenvalue weighted by Crippen LogP contribution is -2.07. The van der Waals surface area contributed by atoms with Crippen LogP contribution in [0.1, 0.15) is 52.7 Å². The number of benzene rings is 3. The van der Waals surface area contributed by atoms with Crippen LogP contribution >= 0.6 is 0 Å². The second-order valence-corrected chi connectivity index (χ2v) is 8.46. The zero-order valence-electron chi connectivity index (χ0n) is 17.6. The highest BCUT2D eigenvalue weighted by atomic mass is 19.1. The van der Waals surface area contributed by atoms with Crippen molar-refractivity contribution in [3.8, 4) is 11.5 Å². The van der Waals surface area contributed by atoms with Gasteiger partial charge in [-0.3, -0.25) is 4.79 Å². The molecule has 0 spiro atoms. The standard InChI is InChI=1S/C26H21F3O4/c27-17-3-1-15(22(29)11-17)9-14-2-7-21(28)26-20(14)6-8-23(26)33-18-4-5-19-16(10-25(30)31)13-32-24(19)12-18/h1-5,7,11-12,16,23H,6,8-10,13H2,(H,30,31)/t16-,23-/m1/s1. The van der Waals surface area contributed by atoms with Gasteiger partial charge >= 0.3 is 5.97 Å². The van der Waals surface area contributed by atoms with Crippen molar-refractivity contribution in [1.82, 2.24) is 0 Å². The molecular weight excluding hydrogens is 433 g/mol. The van der Waals surface area contributed by atoms with E-state index in [9.17, 15) is 18.0 Å². The number of carboxylic acid groups (broad SMARTS) is 1. The zero-order valence-corrected chi connectivity index (χ0v) is 17.6. The summed E-state index contributed by atoms with van der Waals surface area (Å²) in [5.41, 5.74) is 3.22. The molecule has 3 aromatic carbocycles. The number of hydrogen-bond donors (Lipinski definition) is 1. The van der Waals surface area contributed by atoms with Gasteiger partial charge in [-0.2, -0.15) is 0 Å². The highest BCUT2D eigenvalue weighted by Crippen LogP contribution is 2.42. The fraction of sp³-hybridized carbons (Fsp3) is 0.269. The maximum absolute atomic E-state index is 14.8. The molecule has 2 aliphatic rings. The average molecular weight is 454 g/mol. The molecule has 0 unspecified atom stereocenters. The molecule has 0 radical (unpaired) electrons. The van der Waals surface area contributed by atoms with E-state index in [4.69, 9.17) is 14.6 Å². The molecular formula is C26H21F3O4. The number of carbonyl (C=O) groups is 1. The van der Waals surface area contributed by atoms with E-state index in [0.29, 0.717) is 42.1 Å². The SMILES string of the molecule is O=C(O)C[C@@H]1COc2cc(O[C@@H]3CCc4c(Cc5ccc(F)cc5F)ccc(F)c43)ccc21. The largest absolute Gasteiger partial charge is 0.492 e. The molecule has 0 bridgehead atoms. The van der Waals surface area contributed by atoms with Crippen LogP contribution in [0.2, 0.25) is 0 Å². The Labute approximate surface area is 188 Å². The number of rotatable bonds is 6. The topological polar surface area (TPSA) is 55.8 Å². The first-order chi connectivity index (χ1) is 15.9. The molecule has 170 valence electrons. The fourth-order valence-corrected chi connectivity index (χ4v) is 4.77. The van der Waals surface area contributed by atoms with Gasteiger partial charge in [-0.15, -0.1) is 0 Å². The number of halogens is 3. The second-order valence-electron chi connectivity index (χ2n) is 8.46. The van der Waals surface area contributed by atoms with Crippen LogP contribution in [0.4, 0.5) is 13.2 Å². The van der Waals surface area contributed by atoms with Crippen molar-refractivity contribution in [3.63, 3.8) is 0 Å². The maximum atomic E-state index is 14.8. The van der Waals surface area contributed by atoms with Gasteiger partial charge in [0, 0.05) is 35.6 Å². The third-order valence-corrected chi connectivity index (χ3v) is 6.34. The summed E-state index contributed by atoms with van der Waals surface area (Å²) in [6, 6.07) is 11.7. The minimum Gasteiger partial charge on any atom is -0.492 e. The van der Waals surface area contributed by atoms with Gasteiger partial charge < -0.3 is 14.6 Å². The zero-order chi connectivity index (χ0) is 23.1. The van der Waals surface area contributed by atoms with E-state index in [1.807, 2.05) is 0 Å². The monoisotopic (exact) mass is 454 g/mol. The molecule has 0 fully saturated rings. The van der Waals surface area contributed by atoms with E-state index in [2.05, 4.69) is 0 Å². The molecule has 33 heavy (non-hydrogen) atoms. The van der Waals surface area contributed by atoms with Crippen LogP contribution in [0.5, 0.6) is 11.5 Å². The van der Waals surface area contributed by atoms with Crippen LogP contribution in [-0.4, -0.2) is 17.7 Å². The molecule has 0 saturated heterocycles. The highest BCUT2D eigenvalue weighted by Gasteiger charge is 2.31. The van der Waals surface area contributed by atoms with E-state index in [-0.39, 0.29) is 24.6 Å². The van der Waals surface area contributed by atoms with Crippen LogP contribution in [0.3, 0.4) is 0 Å². The Hall–Kier alpha value is -3.48. The van der Waals surface area contributed by atoms with Crippen molar-refractivity contribution in [2.24, 2.45) is 0 Å². The predicted molar refractivity (Wildman–Crippen MR) is 114 cm³/mol. The first-order valence-electron chi connectivity index (χ1n) is 10.8. The van der Waals surface area contributed by atoms with E-state index in [1.54, 1.807) is 24.3 Å². The van der Waals surface area contributed by atoms with Crippen molar-refractivity contribution < 1.29 is 32.5 Å². The third kappa shape index (κ3) is 4.15. The van der Waals surface area contributed by atoms with E-state index in [0.717, 1.165) is 22.8 Å². The van der Waals surface area contributed by atoms with Crippen molar-refractivity contribution in [2.75, 3.05) is 6.61 Å². The molecule has 3 aromatic rings. The van der Waals surface area contributed by atoms with Crippen molar-refractivity contribution >= 4 is 5.97 Å². The number of ether oxygens (including phenoxy) is 2. The molecule has 1 heterocycles. The molecule has 7 heteroatoms. The van der Waals surface area contributed by atoms with E-state index < -0.39 is 23.7 Å². The number of fused-ring (bicyclic) bond motifs is 2. The minimum absolute atomic E-state index is 0.00809. The second kappa shape index (κ2) is 8.46. The van der Waals surface area contributed by atoms with Gasteiger partial charge in [-0.25, -0.2) is 13.2 Å². The van der Waals surface area contributed by atoms with Crippen molar-refractivity contribution in [3.05, 3.63) is 93.8 Å². The minimum atomic E-state index is -0.883. The summed E-state index contributed by atoms with van der Waals surface area (Å²) in [7, 11) is 0. The molecule has 0 aromatic heterocycles. The average Bonchev–Trinajstić information content (AvgIpc) is 3.36. The van der Waals surface area contributed by atoms with Crippen molar-refractivity contribution in [2.45, 2.75) is 37.7 Å². The first-order valence-corrected chi connectivity index (χ1v) is 10.8. The van der Waals surface area contributed by atoms with E-state index in [1.165, 1.54) is 18.2 Å². The smallest absolute Gasteiger partial charge is 0.304 e. The summed E-state index contributed by atoms with van der Waals surface area (Å²) in [6.45, 7) is 0.301. The molecule has 1 N–H and O–H groups in total. The van der Waals surface area contributed by atoms with Gasteiger partial charge in [0.1, 0.15) is 35.1 Å². The normalized spacial score (nSPS) is 18.5. The van der Waals surface area contributed by atoms with E-state index >= 15 is 0 Å². The number of hydrogen-bond acceptors (Lipinski definition) is 3. The third-order valence-electron chi connectivity index (χ3n) is 6.34. The maximum Gasteiger partial charge on any atom is 0.304 e. The summed E-state index contributed by atoms with van der Waals surface area (Å²) in [5, 5.41) is 9.05. The quantitative estimate of drug-likeness (QED) is 0.518. The van der Waals surface area contributed by atoms with Crippen LogP contribution in [0.15, 0.2) is 48.5 Å². The van der Waals surface area contributed by atoms with Gasteiger partial charge in [0.15, 0.2) is 0 Å². The van der Waals surface area contributed by atoms with Crippen LogP contribution in [-0.2, 0) is 17.6 Å². The Morgan fingerprint density at radius 2 is 1.85 bits per heavy atom. The van der Waals surface area contributed by atoms with Crippen LogP contribution < -0.4 is 9.47 Å². The Bertz CT molecular complexity index is 1240. The summed E-state index contributed by atoms with van der Waals surface area (Å²) in [6.07, 6.45) is 0.866. The van der Waals surface area contributed by atoms with Gasteiger partial charge in [0.2, 0.25) is 0 Å². The lowest BCUT2D eigenvalue weighted by atomic mass is 9.96. The Kier molecular flexibility index (Phi) is 5.48. The number of carboxylic acids is 1. The lowest BCUT2D eigenvalue weighted by molar-refractivity contribution is -0.137. The van der Waals surface area contributed by atoms with Gasteiger partial charge in [0.25, 0.3) is 0 Å². The van der Waals surface area contributed by atoms with Crippen molar-refractivity contribution in [1.29, 1.82) is 0 Å². The Balaban J connectivity index is 1.38.